The van der Waals surface area contributed by atoms with Crippen LogP contribution in [0.3, 0.4) is 0 Å². The first-order valence-corrected chi connectivity index (χ1v) is 5.92. The average Bonchev–Trinajstić information content (AvgIpc) is 2.29. The Kier molecular flexibility index (Phi) is 5.72. The van der Waals surface area contributed by atoms with Crippen LogP contribution in [0, 0.1) is 15.5 Å². The quantitative estimate of drug-likeness (QED) is 0.216. The smallest absolute Gasteiger partial charge is 0.251 e. The summed E-state index contributed by atoms with van der Waals surface area (Å²) >= 11 is 1.61. The van der Waals surface area contributed by atoms with Gasteiger partial charge in [0.25, 0.3) is 5.96 Å². The van der Waals surface area contributed by atoms with E-state index in [0.717, 1.165) is 17.2 Å². The number of hydrogen-bond donors (Lipinski definition) is 3. The van der Waals surface area contributed by atoms with Gasteiger partial charge in [-0.1, -0.05) is 5.43 Å². The molecule has 92 valence electrons. The molecular weight excluding hydrogens is 244 g/mol. The van der Waals surface area contributed by atoms with Crippen molar-refractivity contribution in [2.24, 2.45) is 0 Å². The van der Waals surface area contributed by atoms with Gasteiger partial charge >= 0.3 is 0 Å². The first-order chi connectivity index (χ1) is 8.18. The number of rotatable bonds is 6. The van der Waals surface area contributed by atoms with E-state index in [1.807, 2.05) is 12.1 Å². The third-order valence-electron chi connectivity index (χ3n) is 1.63. The summed E-state index contributed by atoms with van der Waals surface area (Å²) in [6.07, 6.45) is 1.61. The zero-order valence-corrected chi connectivity index (χ0v) is 9.74. The highest BCUT2D eigenvalue weighted by atomic mass is 32.2. The van der Waals surface area contributed by atoms with Gasteiger partial charge in [0.05, 0.1) is 5.69 Å². The molecule has 0 aliphatic heterocycles. The first kappa shape index (κ1) is 13.2. The van der Waals surface area contributed by atoms with Gasteiger partial charge in [0.15, 0.2) is 5.03 Å². The second-order valence-electron chi connectivity index (χ2n) is 2.94. The number of hydrogen-bond acceptors (Lipinski definition) is 6. The number of hydrazine groups is 1. The summed E-state index contributed by atoms with van der Waals surface area (Å²) in [7, 11) is 0. The van der Waals surface area contributed by atoms with E-state index in [1.54, 1.807) is 23.4 Å². The van der Waals surface area contributed by atoms with E-state index in [9.17, 15) is 10.1 Å². The van der Waals surface area contributed by atoms with Crippen LogP contribution in [-0.2, 0) is 5.75 Å². The molecule has 0 saturated carbocycles. The van der Waals surface area contributed by atoms with Crippen LogP contribution in [-0.4, -0.2) is 33.5 Å². The number of guanidine groups is 1. The normalized spacial score (nSPS) is 9.65. The predicted molar refractivity (Wildman–Crippen MR) is 64.1 cm³/mol. The van der Waals surface area contributed by atoms with Gasteiger partial charge in [-0.2, -0.15) is 22.0 Å². The fourth-order valence-corrected chi connectivity index (χ4v) is 1.72. The predicted octanol–water partition coefficient (Wildman–Crippen LogP) is 0.0155. The van der Waals surface area contributed by atoms with Gasteiger partial charge in [-0.3, -0.25) is 5.41 Å². The van der Waals surface area contributed by atoms with Crippen molar-refractivity contribution >= 4 is 17.7 Å². The SMILES string of the molecule is N=C(NCCSCc1cccnn1)N[N+](=O)[O-]. The molecule has 0 aliphatic rings. The van der Waals surface area contributed by atoms with Crippen molar-refractivity contribution in [3.05, 3.63) is 34.1 Å². The lowest BCUT2D eigenvalue weighted by Crippen LogP contribution is -2.40. The highest BCUT2D eigenvalue weighted by Gasteiger charge is 2.01. The molecule has 1 aromatic rings. The maximum atomic E-state index is 9.98. The largest absolute Gasteiger partial charge is 0.351 e. The van der Waals surface area contributed by atoms with Crippen molar-refractivity contribution in [3.8, 4) is 0 Å². The lowest BCUT2D eigenvalue weighted by molar-refractivity contribution is -0.525. The summed E-state index contributed by atoms with van der Waals surface area (Å²) in [4.78, 5) is 9.98. The molecule has 1 heterocycles. The Morgan fingerprint density at radius 3 is 3.12 bits per heavy atom. The molecule has 0 aromatic carbocycles. The van der Waals surface area contributed by atoms with Crippen molar-refractivity contribution in [2.45, 2.75) is 5.75 Å². The Hall–Kier alpha value is -1.90. The van der Waals surface area contributed by atoms with E-state index >= 15 is 0 Å². The number of nitrogens with zero attached hydrogens (tertiary/aromatic N) is 3. The van der Waals surface area contributed by atoms with Crippen LogP contribution in [0.25, 0.3) is 0 Å². The standard InChI is InChI=1S/C8H12N6O2S/c9-8(13-14(15)16)10-4-5-17-6-7-2-1-3-11-12-7/h1-3H,4-6H2,(H3,9,10,13). The fourth-order valence-electron chi connectivity index (χ4n) is 0.966. The van der Waals surface area contributed by atoms with E-state index in [0.29, 0.717) is 6.54 Å². The summed E-state index contributed by atoms with van der Waals surface area (Å²) < 4.78 is 0. The minimum Gasteiger partial charge on any atom is -0.351 e. The number of nitrogens with one attached hydrogen (secondary N) is 3. The van der Waals surface area contributed by atoms with Crippen LogP contribution in [0.15, 0.2) is 18.3 Å². The monoisotopic (exact) mass is 256 g/mol. The molecule has 17 heavy (non-hydrogen) atoms. The van der Waals surface area contributed by atoms with Gasteiger partial charge in [0, 0.05) is 24.2 Å². The van der Waals surface area contributed by atoms with Gasteiger partial charge in [-0.25, -0.2) is 10.1 Å². The maximum absolute atomic E-state index is 9.98. The van der Waals surface area contributed by atoms with Crippen LogP contribution in [0.1, 0.15) is 5.69 Å². The third kappa shape index (κ3) is 6.30. The molecule has 0 atom stereocenters. The van der Waals surface area contributed by atoms with Crippen LogP contribution >= 0.6 is 11.8 Å². The molecule has 9 heteroatoms. The van der Waals surface area contributed by atoms with Gasteiger partial charge in [0.2, 0.25) is 0 Å². The van der Waals surface area contributed by atoms with E-state index < -0.39 is 5.03 Å². The summed E-state index contributed by atoms with van der Waals surface area (Å²) in [5.41, 5.74) is 2.60. The fraction of sp³-hybridized carbons (Fsp3) is 0.375. The van der Waals surface area contributed by atoms with Gasteiger partial charge in [-0.15, -0.1) is 0 Å². The molecule has 0 aliphatic carbocycles. The second kappa shape index (κ2) is 7.39. The van der Waals surface area contributed by atoms with Crippen LogP contribution < -0.4 is 10.7 Å². The van der Waals surface area contributed by atoms with E-state index in [2.05, 4.69) is 15.5 Å². The van der Waals surface area contributed by atoms with Crippen molar-refractivity contribution < 1.29 is 5.03 Å². The van der Waals surface area contributed by atoms with Crippen LogP contribution in [0.2, 0.25) is 0 Å². The molecule has 0 fully saturated rings. The Morgan fingerprint density at radius 1 is 1.65 bits per heavy atom. The lowest BCUT2D eigenvalue weighted by atomic mass is 10.4. The summed E-state index contributed by atoms with van der Waals surface area (Å²) in [6.45, 7) is 0.477. The van der Waals surface area contributed by atoms with Crippen molar-refractivity contribution in [3.63, 3.8) is 0 Å². The molecule has 3 N–H and O–H groups in total. The minimum atomic E-state index is -0.776. The third-order valence-corrected chi connectivity index (χ3v) is 2.62. The lowest BCUT2D eigenvalue weighted by Gasteiger charge is -2.04. The molecule has 0 radical (unpaired) electrons. The van der Waals surface area contributed by atoms with Crippen molar-refractivity contribution in [1.82, 2.24) is 20.9 Å². The molecular formula is C8H12N6O2S. The zero-order chi connectivity index (χ0) is 12.5. The Balaban J connectivity index is 2.05. The molecule has 0 saturated heterocycles. The van der Waals surface area contributed by atoms with E-state index in [4.69, 9.17) is 5.41 Å². The van der Waals surface area contributed by atoms with Gasteiger partial charge in [-0.05, 0) is 12.1 Å². The van der Waals surface area contributed by atoms with Crippen molar-refractivity contribution in [1.29, 1.82) is 5.41 Å². The van der Waals surface area contributed by atoms with E-state index in [-0.39, 0.29) is 5.96 Å². The molecule has 8 nitrogen and oxygen atoms in total. The molecule has 1 rings (SSSR count). The summed E-state index contributed by atoms with van der Waals surface area (Å²) in [5.74, 6) is 1.14. The Bertz CT molecular complexity index is 374. The Labute approximate surface area is 102 Å². The Morgan fingerprint density at radius 2 is 2.47 bits per heavy atom. The number of thioether (sulfide) groups is 1. The second-order valence-corrected chi connectivity index (χ2v) is 4.04. The summed E-state index contributed by atoms with van der Waals surface area (Å²) in [6, 6.07) is 3.70. The maximum Gasteiger partial charge on any atom is 0.251 e. The van der Waals surface area contributed by atoms with Crippen LogP contribution in [0.4, 0.5) is 0 Å². The summed E-state index contributed by atoms with van der Waals surface area (Å²) in [5, 5.41) is 26.6. The first-order valence-electron chi connectivity index (χ1n) is 4.76. The number of nitro groups is 1. The molecule has 0 bridgehead atoms. The highest BCUT2D eigenvalue weighted by Crippen LogP contribution is 2.07. The molecule has 0 unspecified atom stereocenters. The van der Waals surface area contributed by atoms with Gasteiger partial charge < -0.3 is 5.32 Å². The van der Waals surface area contributed by atoms with E-state index in [1.165, 1.54) is 0 Å². The average molecular weight is 256 g/mol. The minimum absolute atomic E-state index is 0.310. The van der Waals surface area contributed by atoms with Gasteiger partial charge in [0.1, 0.15) is 0 Å². The van der Waals surface area contributed by atoms with Crippen molar-refractivity contribution in [2.75, 3.05) is 12.3 Å². The molecule has 0 amide bonds. The number of aromatic nitrogens is 2. The molecule has 0 spiro atoms. The molecule has 1 aromatic heterocycles. The topological polar surface area (TPSA) is 117 Å². The highest BCUT2D eigenvalue weighted by molar-refractivity contribution is 7.98. The zero-order valence-electron chi connectivity index (χ0n) is 8.92. The van der Waals surface area contributed by atoms with Crippen LogP contribution in [0.5, 0.6) is 0 Å².